The molecule has 1 saturated heterocycles. The lowest BCUT2D eigenvalue weighted by molar-refractivity contribution is 0.146. The number of rotatable bonds is 9. The van der Waals surface area contributed by atoms with Crippen molar-refractivity contribution in [3.05, 3.63) is 54.6 Å². The van der Waals surface area contributed by atoms with Gasteiger partial charge in [0.1, 0.15) is 12.4 Å². The topological polar surface area (TPSA) is 122 Å². The molecule has 5 aromatic rings. The lowest BCUT2D eigenvalue weighted by atomic mass is 9.89. The number of methoxy groups -OCH3 is 1. The van der Waals surface area contributed by atoms with Crippen molar-refractivity contribution in [3.8, 4) is 17.3 Å². The first kappa shape index (κ1) is 23.4. The summed E-state index contributed by atoms with van der Waals surface area (Å²) in [6, 6.07) is 12.1. The molecule has 1 aliphatic heterocycles. The summed E-state index contributed by atoms with van der Waals surface area (Å²) in [6.07, 6.45) is 5.67. The number of hydrogen-bond acceptors (Lipinski definition) is 9. The summed E-state index contributed by atoms with van der Waals surface area (Å²) < 4.78 is 19.7. The van der Waals surface area contributed by atoms with E-state index in [1.807, 2.05) is 10.6 Å². The Balaban J connectivity index is 1.08. The molecule has 6 rings (SSSR count). The molecule has 4 aromatic heterocycles. The number of hydrogen-bond donors (Lipinski definition) is 1. The van der Waals surface area contributed by atoms with Gasteiger partial charge in [-0.3, -0.25) is 0 Å². The van der Waals surface area contributed by atoms with E-state index in [9.17, 15) is 0 Å². The van der Waals surface area contributed by atoms with Crippen LogP contribution in [0.5, 0.6) is 5.75 Å². The Morgan fingerprint density at radius 1 is 1.03 bits per heavy atom. The number of furan rings is 1. The van der Waals surface area contributed by atoms with Crippen LogP contribution < -0.4 is 10.5 Å². The van der Waals surface area contributed by atoms with Gasteiger partial charge < -0.3 is 29.1 Å². The molecule has 37 heavy (non-hydrogen) atoms. The van der Waals surface area contributed by atoms with E-state index in [1.54, 1.807) is 25.8 Å². The summed E-state index contributed by atoms with van der Waals surface area (Å²) in [7, 11) is 1.68. The maximum absolute atomic E-state index is 6.22. The number of aromatic nitrogens is 6. The first-order valence-corrected chi connectivity index (χ1v) is 12.5. The van der Waals surface area contributed by atoms with Gasteiger partial charge in [-0.1, -0.05) is 12.1 Å². The van der Waals surface area contributed by atoms with Crippen molar-refractivity contribution in [2.75, 3.05) is 45.7 Å². The Hall–Kier alpha value is -3.96. The second-order valence-corrected chi connectivity index (χ2v) is 9.25. The van der Waals surface area contributed by atoms with Crippen LogP contribution in [-0.2, 0) is 11.3 Å². The minimum absolute atomic E-state index is 0.269. The summed E-state index contributed by atoms with van der Waals surface area (Å²) >= 11 is 0. The van der Waals surface area contributed by atoms with Crippen LogP contribution in [0.2, 0.25) is 0 Å². The molecule has 0 atom stereocenters. The largest absolute Gasteiger partial charge is 0.491 e. The van der Waals surface area contributed by atoms with Gasteiger partial charge >= 0.3 is 0 Å². The molecule has 0 unspecified atom stereocenters. The maximum atomic E-state index is 6.22. The van der Waals surface area contributed by atoms with E-state index in [1.165, 1.54) is 10.1 Å². The third-order valence-corrected chi connectivity index (χ3v) is 6.96. The normalized spacial score (nSPS) is 15.2. The van der Waals surface area contributed by atoms with Crippen molar-refractivity contribution in [2.24, 2.45) is 0 Å². The van der Waals surface area contributed by atoms with Crippen molar-refractivity contribution < 1.29 is 13.9 Å². The smallest absolute Gasteiger partial charge is 0.225 e. The fourth-order valence-electron chi connectivity index (χ4n) is 4.92. The van der Waals surface area contributed by atoms with Gasteiger partial charge in [-0.2, -0.15) is 9.50 Å². The maximum Gasteiger partial charge on any atom is 0.225 e. The lowest BCUT2D eigenvalue weighted by Crippen LogP contribution is -2.35. The highest BCUT2D eigenvalue weighted by Gasteiger charge is 2.22. The van der Waals surface area contributed by atoms with Gasteiger partial charge in [-0.05, 0) is 61.7 Å². The van der Waals surface area contributed by atoms with Gasteiger partial charge in [-0.25, -0.2) is 9.97 Å². The van der Waals surface area contributed by atoms with Gasteiger partial charge in [0, 0.05) is 20.2 Å². The fourth-order valence-corrected chi connectivity index (χ4v) is 4.92. The van der Waals surface area contributed by atoms with Crippen LogP contribution in [0.4, 0.5) is 5.95 Å². The van der Waals surface area contributed by atoms with E-state index < -0.39 is 0 Å². The molecule has 2 N–H and O–H groups in total. The zero-order valence-electron chi connectivity index (χ0n) is 20.8. The molecule has 0 bridgehead atoms. The molecule has 192 valence electrons. The predicted molar refractivity (Wildman–Crippen MR) is 138 cm³/mol. The Kier molecular flexibility index (Phi) is 6.46. The second-order valence-electron chi connectivity index (χ2n) is 9.25. The minimum Gasteiger partial charge on any atom is -0.491 e. The molecular weight excluding hydrogens is 472 g/mol. The molecule has 11 heteroatoms. The van der Waals surface area contributed by atoms with Crippen molar-refractivity contribution in [1.29, 1.82) is 0 Å². The van der Waals surface area contributed by atoms with Gasteiger partial charge in [-0.15, -0.1) is 5.10 Å². The molecule has 1 fully saturated rings. The van der Waals surface area contributed by atoms with Crippen LogP contribution in [0, 0.1) is 0 Å². The van der Waals surface area contributed by atoms with Gasteiger partial charge in [0.15, 0.2) is 22.6 Å². The number of nitrogens with zero attached hydrogens (tertiary/aromatic N) is 7. The van der Waals surface area contributed by atoms with Crippen molar-refractivity contribution in [1.82, 2.24) is 34.0 Å². The molecule has 0 radical (unpaired) electrons. The van der Waals surface area contributed by atoms with Crippen molar-refractivity contribution in [3.63, 3.8) is 0 Å². The van der Waals surface area contributed by atoms with Crippen LogP contribution in [-0.4, -0.2) is 74.0 Å². The summed E-state index contributed by atoms with van der Waals surface area (Å²) in [4.78, 5) is 16.3. The van der Waals surface area contributed by atoms with E-state index in [2.05, 4.69) is 49.2 Å². The minimum atomic E-state index is 0.269. The van der Waals surface area contributed by atoms with Crippen molar-refractivity contribution >= 4 is 22.8 Å². The van der Waals surface area contributed by atoms with E-state index >= 15 is 0 Å². The molecule has 1 aliphatic rings. The molecular formula is C26H30N8O3. The van der Waals surface area contributed by atoms with Gasteiger partial charge in [0.2, 0.25) is 11.8 Å². The van der Waals surface area contributed by atoms with E-state index in [0.717, 1.165) is 44.8 Å². The van der Waals surface area contributed by atoms with E-state index in [4.69, 9.17) is 19.6 Å². The molecule has 0 saturated carbocycles. The summed E-state index contributed by atoms with van der Waals surface area (Å²) in [6.45, 7) is 4.96. The number of fused-ring (bicyclic) bond motifs is 3. The van der Waals surface area contributed by atoms with Crippen LogP contribution in [0.1, 0.15) is 24.3 Å². The highest BCUT2D eigenvalue weighted by atomic mass is 16.5. The summed E-state index contributed by atoms with van der Waals surface area (Å²) in [5.74, 6) is 2.76. The molecule has 5 heterocycles. The molecule has 0 spiro atoms. The standard InChI is InChI=1S/C26H30N8O3/c1-35-15-16-36-20-6-4-18(5-7-20)19-8-10-32(11-9-19)12-13-33-17-28-22-24(33)30-26(27)34-25(22)29-23(31-34)21-3-2-14-37-21/h2-7,14,17,19H,8-13,15-16H2,1H3,(H2,27,30). The first-order chi connectivity index (χ1) is 18.2. The Bertz CT molecular complexity index is 1470. The van der Waals surface area contributed by atoms with Gasteiger partial charge in [0.05, 0.1) is 19.2 Å². The van der Waals surface area contributed by atoms with Crippen LogP contribution in [0.15, 0.2) is 53.4 Å². The molecule has 0 aliphatic carbocycles. The molecule has 0 amide bonds. The number of nitrogen functional groups attached to an aromatic ring is 1. The summed E-state index contributed by atoms with van der Waals surface area (Å²) in [5.41, 5.74) is 9.56. The quantitative estimate of drug-likeness (QED) is 0.303. The first-order valence-electron chi connectivity index (χ1n) is 12.5. The average Bonchev–Trinajstić information content (AvgIpc) is 3.68. The number of benzene rings is 1. The Morgan fingerprint density at radius 2 is 1.86 bits per heavy atom. The highest BCUT2D eigenvalue weighted by Crippen LogP contribution is 2.29. The highest BCUT2D eigenvalue weighted by molar-refractivity contribution is 5.87. The summed E-state index contributed by atoms with van der Waals surface area (Å²) in [5, 5.41) is 4.44. The number of anilines is 1. The average molecular weight is 503 g/mol. The van der Waals surface area contributed by atoms with Gasteiger partial charge in [0.25, 0.3) is 0 Å². The second kappa shape index (κ2) is 10.2. The SMILES string of the molecule is COCCOc1ccc(C2CCN(CCn3cnc4c3nc(N)n3nc(-c5ccco5)nc43)CC2)cc1. The van der Waals surface area contributed by atoms with Crippen LogP contribution >= 0.6 is 0 Å². The number of ether oxygens (including phenoxy) is 2. The number of imidazole rings is 1. The Labute approximate surface area is 213 Å². The Morgan fingerprint density at radius 3 is 2.62 bits per heavy atom. The number of nitrogens with two attached hydrogens (primary N) is 1. The van der Waals surface area contributed by atoms with Crippen LogP contribution in [0.3, 0.4) is 0 Å². The molecule has 1 aromatic carbocycles. The third-order valence-electron chi connectivity index (χ3n) is 6.96. The zero-order chi connectivity index (χ0) is 25.2. The van der Waals surface area contributed by atoms with E-state index in [-0.39, 0.29) is 5.95 Å². The van der Waals surface area contributed by atoms with Crippen LogP contribution in [0.25, 0.3) is 28.4 Å². The monoisotopic (exact) mass is 502 g/mol. The molecule has 11 nitrogen and oxygen atoms in total. The predicted octanol–water partition coefficient (Wildman–Crippen LogP) is 3.22. The zero-order valence-corrected chi connectivity index (χ0v) is 20.8. The fraction of sp³-hybridized carbons (Fsp3) is 0.385. The third kappa shape index (κ3) is 4.75. The van der Waals surface area contributed by atoms with Crippen molar-refractivity contribution in [2.45, 2.75) is 25.3 Å². The van der Waals surface area contributed by atoms with E-state index in [0.29, 0.717) is 47.5 Å². The number of piperidine rings is 1. The lowest BCUT2D eigenvalue weighted by Gasteiger charge is -2.32. The number of likely N-dealkylation sites (tertiary alicyclic amines) is 1.